The maximum Gasteiger partial charge on any atom is 0.258 e. The van der Waals surface area contributed by atoms with Crippen molar-refractivity contribution in [1.82, 2.24) is 9.97 Å². The smallest absolute Gasteiger partial charge is 0.258 e. The van der Waals surface area contributed by atoms with Gasteiger partial charge in [-0.15, -0.1) is 11.3 Å². The van der Waals surface area contributed by atoms with Crippen LogP contribution in [0.1, 0.15) is 27.3 Å². The summed E-state index contributed by atoms with van der Waals surface area (Å²) in [6, 6.07) is 19.6. The van der Waals surface area contributed by atoms with Gasteiger partial charge in [0.25, 0.3) is 5.91 Å². The fourth-order valence-electron chi connectivity index (χ4n) is 3.53. The van der Waals surface area contributed by atoms with Crippen molar-refractivity contribution in [2.24, 2.45) is 0 Å². The maximum absolute atomic E-state index is 13.1. The fraction of sp³-hybridized carbons (Fsp3) is 0.136. The summed E-state index contributed by atoms with van der Waals surface area (Å²) in [5.74, 6) is -0.141. The topological polar surface area (TPSA) is 54.9 Å². The van der Waals surface area contributed by atoms with Gasteiger partial charge in [0, 0.05) is 15.8 Å². The summed E-state index contributed by atoms with van der Waals surface area (Å²) in [4.78, 5) is 23.7. The number of pyridine rings is 1. The zero-order valence-corrected chi connectivity index (χ0v) is 15.4. The number of nitrogens with zero attached hydrogens (tertiary/aromatic N) is 2. The number of hydrogen-bond acceptors (Lipinski definition) is 4. The van der Waals surface area contributed by atoms with Crippen molar-refractivity contribution in [3.05, 3.63) is 76.8 Å². The van der Waals surface area contributed by atoms with Gasteiger partial charge in [-0.3, -0.25) is 10.1 Å². The van der Waals surface area contributed by atoms with Crippen LogP contribution >= 0.6 is 11.3 Å². The van der Waals surface area contributed by atoms with Crippen molar-refractivity contribution in [2.45, 2.75) is 19.3 Å². The Bertz CT molecular complexity index is 1130. The van der Waals surface area contributed by atoms with Crippen molar-refractivity contribution >= 4 is 33.3 Å². The van der Waals surface area contributed by atoms with Gasteiger partial charge in [-0.2, -0.15) is 0 Å². The highest BCUT2D eigenvalue weighted by atomic mass is 32.1. The molecule has 0 spiro atoms. The van der Waals surface area contributed by atoms with Gasteiger partial charge in [0.15, 0.2) is 5.13 Å². The number of nitrogens with one attached hydrogen (secondary N) is 1. The molecule has 1 N–H and O–H groups in total. The molecule has 5 rings (SSSR count). The highest BCUT2D eigenvalue weighted by Crippen LogP contribution is 2.31. The number of amides is 1. The largest absolute Gasteiger partial charge is 0.298 e. The Morgan fingerprint density at radius 3 is 2.63 bits per heavy atom. The lowest BCUT2D eigenvalue weighted by Gasteiger charge is -2.09. The molecule has 1 aliphatic carbocycles. The summed E-state index contributed by atoms with van der Waals surface area (Å²) < 4.78 is 0. The first-order valence-electron chi connectivity index (χ1n) is 9.03. The molecule has 0 saturated carbocycles. The van der Waals surface area contributed by atoms with E-state index in [2.05, 4.69) is 10.3 Å². The van der Waals surface area contributed by atoms with Gasteiger partial charge < -0.3 is 0 Å². The summed E-state index contributed by atoms with van der Waals surface area (Å²) >= 11 is 1.59. The molecular formula is C22H17N3OS. The Labute approximate surface area is 160 Å². The van der Waals surface area contributed by atoms with Crippen LogP contribution in [0.25, 0.3) is 22.2 Å². The SMILES string of the molecule is O=C(Nc1nc2c(s1)CCC2)c1cc(-c2ccccc2)nc2ccccc12. The number of carbonyl (C=O) groups excluding carboxylic acids is 1. The first kappa shape index (κ1) is 16.1. The van der Waals surface area contributed by atoms with Crippen LogP contribution in [-0.4, -0.2) is 15.9 Å². The van der Waals surface area contributed by atoms with Crippen LogP contribution in [0.15, 0.2) is 60.7 Å². The van der Waals surface area contributed by atoms with Crippen LogP contribution in [-0.2, 0) is 12.8 Å². The first-order chi connectivity index (χ1) is 13.3. The minimum Gasteiger partial charge on any atom is -0.298 e. The Kier molecular flexibility index (Phi) is 3.94. The van der Waals surface area contributed by atoms with E-state index in [1.165, 1.54) is 4.88 Å². The molecule has 5 heteroatoms. The third-order valence-corrected chi connectivity index (χ3v) is 5.92. The van der Waals surface area contributed by atoms with Gasteiger partial charge in [-0.05, 0) is 31.4 Å². The van der Waals surface area contributed by atoms with E-state index in [-0.39, 0.29) is 5.91 Å². The van der Waals surface area contributed by atoms with Crippen LogP contribution in [0.2, 0.25) is 0 Å². The molecule has 0 fully saturated rings. The van der Waals surface area contributed by atoms with Gasteiger partial charge in [-0.1, -0.05) is 48.5 Å². The average molecular weight is 371 g/mol. The molecular weight excluding hydrogens is 354 g/mol. The fourth-order valence-corrected chi connectivity index (χ4v) is 4.57. The lowest BCUT2D eigenvalue weighted by atomic mass is 10.0. The summed E-state index contributed by atoms with van der Waals surface area (Å²) in [5.41, 5.74) is 4.35. The third kappa shape index (κ3) is 3.00. The number of aryl methyl sites for hydroxylation is 2. The minimum atomic E-state index is -0.141. The number of para-hydroxylation sites is 1. The van der Waals surface area contributed by atoms with E-state index in [4.69, 9.17) is 4.98 Å². The first-order valence-corrected chi connectivity index (χ1v) is 9.85. The molecule has 132 valence electrons. The molecule has 4 nitrogen and oxygen atoms in total. The van der Waals surface area contributed by atoms with Crippen molar-refractivity contribution in [2.75, 3.05) is 5.32 Å². The lowest BCUT2D eigenvalue weighted by Crippen LogP contribution is -2.13. The van der Waals surface area contributed by atoms with Gasteiger partial charge in [0.1, 0.15) is 0 Å². The molecule has 1 aliphatic rings. The Morgan fingerprint density at radius 2 is 1.78 bits per heavy atom. The number of carbonyl (C=O) groups is 1. The predicted octanol–water partition coefficient (Wildman–Crippen LogP) is 5.10. The van der Waals surface area contributed by atoms with Crippen LogP contribution < -0.4 is 5.32 Å². The number of thiazole rings is 1. The highest BCUT2D eigenvalue weighted by Gasteiger charge is 2.19. The zero-order chi connectivity index (χ0) is 18.2. The number of aromatic nitrogens is 2. The number of anilines is 1. The van der Waals surface area contributed by atoms with Gasteiger partial charge in [0.2, 0.25) is 0 Å². The molecule has 4 aromatic rings. The van der Waals surface area contributed by atoms with Crippen LogP contribution in [0.4, 0.5) is 5.13 Å². The quantitative estimate of drug-likeness (QED) is 0.545. The van der Waals surface area contributed by atoms with Crippen LogP contribution in [0.3, 0.4) is 0 Å². The van der Waals surface area contributed by atoms with Crippen LogP contribution in [0.5, 0.6) is 0 Å². The Balaban J connectivity index is 1.57. The van der Waals surface area contributed by atoms with Crippen molar-refractivity contribution in [1.29, 1.82) is 0 Å². The predicted molar refractivity (Wildman–Crippen MR) is 109 cm³/mol. The van der Waals surface area contributed by atoms with E-state index in [0.29, 0.717) is 10.7 Å². The standard InChI is InChI=1S/C22H17N3OS/c26-21(25-22-24-18-11-6-12-20(18)27-22)16-13-19(14-7-2-1-3-8-14)23-17-10-5-4-9-15(16)17/h1-5,7-10,13H,6,11-12H2,(H,24,25,26). The van der Waals surface area contributed by atoms with Gasteiger partial charge in [0.05, 0.1) is 22.5 Å². The molecule has 0 bridgehead atoms. The molecule has 2 aromatic heterocycles. The van der Waals surface area contributed by atoms with E-state index in [1.807, 2.05) is 60.7 Å². The molecule has 0 radical (unpaired) electrons. The van der Waals surface area contributed by atoms with Gasteiger partial charge in [-0.25, -0.2) is 9.97 Å². The molecule has 0 atom stereocenters. The van der Waals surface area contributed by atoms with Crippen molar-refractivity contribution in [3.8, 4) is 11.3 Å². The van der Waals surface area contributed by atoms with Crippen LogP contribution in [0, 0.1) is 0 Å². The molecule has 2 aromatic carbocycles. The number of fused-ring (bicyclic) bond motifs is 2. The highest BCUT2D eigenvalue weighted by molar-refractivity contribution is 7.16. The third-order valence-electron chi connectivity index (χ3n) is 4.85. The Hall–Kier alpha value is -3.05. The average Bonchev–Trinajstić information content (AvgIpc) is 3.29. The molecule has 27 heavy (non-hydrogen) atoms. The molecule has 2 heterocycles. The molecule has 0 aliphatic heterocycles. The summed E-state index contributed by atoms with van der Waals surface area (Å²) in [6.07, 6.45) is 3.25. The van der Waals surface area contributed by atoms with E-state index in [1.54, 1.807) is 11.3 Å². The Morgan fingerprint density at radius 1 is 0.963 bits per heavy atom. The van der Waals surface area contributed by atoms with E-state index in [9.17, 15) is 4.79 Å². The summed E-state index contributed by atoms with van der Waals surface area (Å²) in [6.45, 7) is 0. The normalized spacial score (nSPS) is 12.9. The van der Waals surface area contributed by atoms with Crippen molar-refractivity contribution < 1.29 is 4.79 Å². The monoisotopic (exact) mass is 371 g/mol. The zero-order valence-electron chi connectivity index (χ0n) is 14.6. The van der Waals surface area contributed by atoms with Crippen molar-refractivity contribution in [3.63, 3.8) is 0 Å². The minimum absolute atomic E-state index is 0.141. The second-order valence-corrected chi connectivity index (χ2v) is 7.72. The second kappa shape index (κ2) is 6.59. The number of rotatable bonds is 3. The van der Waals surface area contributed by atoms with E-state index in [0.717, 1.165) is 47.1 Å². The molecule has 1 amide bonds. The lowest BCUT2D eigenvalue weighted by molar-refractivity contribution is 0.102. The second-order valence-electron chi connectivity index (χ2n) is 6.63. The van der Waals surface area contributed by atoms with E-state index < -0.39 is 0 Å². The number of hydrogen-bond donors (Lipinski definition) is 1. The van der Waals surface area contributed by atoms with Gasteiger partial charge >= 0.3 is 0 Å². The molecule has 0 unspecified atom stereocenters. The number of benzene rings is 2. The van der Waals surface area contributed by atoms with E-state index >= 15 is 0 Å². The maximum atomic E-state index is 13.1. The summed E-state index contributed by atoms with van der Waals surface area (Å²) in [5, 5.41) is 4.53. The molecule has 0 saturated heterocycles. The summed E-state index contributed by atoms with van der Waals surface area (Å²) in [7, 11) is 0.